The van der Waals surface area contributed by atoms with E-state index in [1.54, 1.807) is 6.07 Å². The van der Waals surface area contributed by atoms with E-state index in [2.05, 4.69) is 25.1 Å². The quantitative estimate of drug-likeness (QED) is 0.885. The molecule has 0 spiro atoms. The molecule has 2 nitrogen and oxygen atoms in total. The lowest BCUT2D eigenvalue weighted by Gasteiger charge is -2.09. The number of rotatable bonds is 3. The van der Waals surface area contributed by atoms with E-state index >= 15 is 0 Å². The van der Waals surface area contributed by atoms with Gasteiger partial charge in [0.15, 0.2) is 5.22 Å². The van der Waals surface area contributed by atoms with Crippen LogP contribution < -0.4 is 5.73 Å². The molecule has 0 radical (unpaired) electrons. The van der Waals surface area contributed by atoms with Crippen molar-refractivity contribution >= 4 is 11.6 Å². The molecule has 16 heavy (non-hydrogen) atoms. The first-order valence-electron chi connectivity index (χ1n) is 5.21. The van der Waals surface area contributed by atoms with Crippen molar-refractivity contribution in [2.75, 3.05) is 0 Å². The molecule has 1 aromatic heterocycles. The van der Waals surface area contributed by atoms with Crippen molar-refractivity contribution in [2.45, 2.75) is 19.4 Å². The highest BCUT2D eigenvalue weighted by molar-refractivity contribution is 6.28. The minimum Gasteiger partial charge on any atom is -0.448 e. The second kappa shape index (κ2) is 4.73. The van der Waals surface area contributed by atoms with Crippen LogP contribution in [0.15, 0.2) is 40.8 Å². The van der Waals surface area contributed by atoms with Gasteiger partial charge in [0, 0.05) is 0 Å². The number of benzene rings is 1. The molecule has 1 aromatic carbocycles. The summed E-state index contributed by atoms with van der Waals surface area (Å²) in [6.45, 7) is 2.07. The van der Waals surface area contributed by atoms with E-state index in [9.17, 15) is 0 Å². The number of nitrogens with two attached hydrogens (primary N) is 1. The Hall–Kier alpha value is -1.25. The molecule has 84 valence electrons. The van der Waals surface area contributed by atoms with E-state index in [1.165, 1.54) is 11.1 Å². The lowest BCUT2D eigenvalue weighted by Crippen LogP contribution is -2.12. The maximum Gasteiger partial charge on any atom is 0.193 e. The average molecular weight is 236 g/mol. The zero-order valence-corrected chi connectivity index (χ0v) is 9.87. The van der Waals surface area contributed by atoms with Crippen LogP contribution in [0.3, 0.4) is 0 Å². The molecular formula is C13H14ClNO. The van der Waals surface area contributed by atoms with Crippen LogP contribution in [0.4, 0.5) is 0 Å². The number of hydrogen-bond donors (Lipinski definition) is 1. The Morgan fingerprint density at radius 1 is 1.31 bits per heavy atom. The van der Waals surface area contributed by atoms with Gasteiger partial charge in [0.2, 0.25) is 0 Å². The van der Waals surface area contributed by atoms with Gasteiger partial charge in [0.05, 0.1) is 6.04 Å². The lowest BCUT2D eigenvalue weighted by molar-refractivity contribution is 0.466. The van der Waals surface area contributed by atoms with Gasteiger partial charge in [-0.25, -0.2) is 0 Å². The highest BCUT2D eigenvalue weighted by Gasteiger charge is 2.11. The van der Waals surface area contributed by atoms with Crippen molar-refractivity contribution in [1.29, 1.82) is 0 Å². The summed E-state index contributed by atoms with van der Waals surface area (Å²) < 4.78 is 5.29. The van der Waals surface area contributed by atoms with Gasteiger partial charge in [0.1, 0.15) is 5.76 Å². The molecule has 0 aliphatic rings. The topological polar surface area (TPSA) is 39.2 Å². The molecule has 2 rings (SSSR count). The fourth-order valence-corrected chi connectivity index (χ4v) is 1.87. The molecule has 0 fully saturated rings. The first-order chi connectivity index (χ1) is 7.65. The Morgan fingerprint density at radius 3 is 2.75 bits per heavy atom. The minimum atomic E-state index is -0.144. The van der Waals surface area contributed by atoms with Crippen molar-refractivity contribution in [2.24, 2.45) is 5.73 Å². The van der Waals surface area contributed by atoms with E-state index in [4.69, 9.17) is 21.8 Å². The Balaban J connectivity index is 2.10. The second-order valence-electron chi connectivity index (χ2n) is 3.94. The first-order valence-corrected chi connectivity index (χ1v) is 5.59. The molecule has 1 atom stereocenters. The van der Waals surface area contributed by atoms with Crippen LogP contribution in [0.5, 0.6) is 0 Å². The van der Waals surface area contributed by atoms with Crippen molar-refractivity contribution in [1.82, 2.24) is 0 Å². The summed E-state index contributed by atoms with van der Waals surface area (Å²) in [7, 11) is 0. The van der Waals surface area contributed by atoms with Gasteiger partial charge >= 0.3 is 0 Å². The summed E-state index contributed by atoms with van der Waals surface area (Å²) in [5.74, 6) is 0.728. The number of halogens is 1. The molecule has 3 heteroatoms. The smallest absolute Gasteiger partial charge is 0.193 e. The summed E-state index contributed by atoms with van der Waals surface area (Å²) in [6, 6.07) is 11.7. The van der Waals surface area contributed by atoms with E-state index in [-0.39, 0.29) is 6.04 Å². The van der Waals surface area contributed by atoms with Crippen LogP contribution in [0.2, 0.25) is 5.22 Å². The molecule has 2 aromatic rings. The van der Waals surface area contributed by atoms with Crippen LogP contribution in [0.25, 0.3) is 0 Å². The molecule has 0 aliphatic heterocycles. The Morgan fingerprint density at radius 2 is 2.12 bits per heavy atom. The van der Waals surface area contributed by atoms with Gasteiger partial charge in [-0.3, -0.25) is 0 Å². The zero-order chi connectivity index (χ0) is 11.5. The van der Waals surface area contributed by atoms with Crippen LogP contribution >= 0.6 is 11.6 Å². The van der Waals surface area contributed by atoms with Crippen LogP contribution in [0.1, 0.15) is 22.9 Å². The Labute approximate surface area is 100 Å². The maximum atomic E-state index is 6.04. The van der Waals surface area contributed by atoms with Crippen molar-refractivity contribution in [3.05, 3.63) is 58.5 Å². The zero-order valence-electron chi connectivity index (χ0n) is 9.11. The third-order valence-electron chi connectivity index (χ3n) is 2.50. The molecular weight excluding hydrogens is 222 g/mol. The normalized spacial score (nSPS) is 12.7. The van der Waals surface area contributed by atoms with Crippen molar-refractivity contribution in [3.8, 4) is 0 Å². The van der Waals surface area contributed by atoms with E-state index in [0.717, 1.165) is 12.2 Å². The Kier molecular flexibility index (Phi) is 3.32. The number of hydrogen-bond acceptors (Lipinski definition) is 2. The standard InChI is InChI=1S/C13H14ClNO/c1-9-3-2-4-10(7-9)8-11(15)12-5-6-13(14)16-12/h2-7,11H,8,15H2,1H3. The van der Waals surface area contributed by atoms with E-state index < -0.39 is 0 Å². The molecule has 1 heterocycles. The van der Waals surface area contributed by atoms with E-state index in [0.29, 0.717) is 5.22 Å². The third kappa shape index (κ3) is 2.65. The minimum absolute atomic E-state index is 0.144. The largest absolute Gasteiger partial charge is 0.448 e. The summed E-state index contributed by atoms with van der Waals surface area (Å²) in [4.78, 5) is 0. The average Bonchev–Trinajstić information content (AvgIpc) is 2.65. The molecule has 2 N–H and O–H groups in total. The fraction of sp³-hybridized carbons (Fsp3) is 0.231. The predicted octanol–water partition coefficient (Wildman–Crippen LogP) is 3.48. The molecule has 0 aliphatic carbocycles. The van der Waals surface area contributed by atoms with Crippen LogP contribution in [-0.4, -0.2) is 0 Å². The number of aryl methyl sites for hydroxylation is 1. The lowest BCUT2D eigenvalue weighted by atomic mass is 10.0. The van der Waals surface area contributed by atoms with Crippen LogP contribution in [-0.2, 0) is 6.42 Å². The number of furan rings is 1. The summed E-state index contributed by atoms with van der Waals surface area (Å²) in [5.41, 5.74) is 8.48. The monoisotopic (exact) mass is 235 g/mol. The fourth-order valence-electron chi connectivity index (χ4n) is 1.72. The molecule has 0 amide bonds. The van der Waals surface area contributed by atoms with Gasteiger partial charge in [-0.05, 0) is 42.6 Å². The molecule has 0 bridgehead atoms. The highest BCUT2D eigenvalue weighted by Crippen LogP contribution is 2.21. The third-order valence-corrected chi connectivity index (χ3v) is 2.70. The summed E-state index contributed by atoms with van der Waals surface area (Å²) in [6.07, 6.45) is 0.755. The van der Waals surface area contributed by atoms with E-state index in [1.807, 2.05) is 12.1 Å². The molecule has 0 saturated heterocycles. The molecule has 1 unspecified atom stereocenters. The second-order valence-corrected chi connectivity index (χ2v) is 4.31. The summed E-state index contributed by atoms with van der Waals surface area (Å²) in [5, 5.41) is 0.384. The maximum absolute atomic E-state index is 6.04. The van der Waals surface area contributed by atoms with Gasteiger partial charge in [-0.15, -0.1) is 0 Å². The SMILES string of the molecule is Cc1cccc(CC(N)c2ccc(Cl)o2)c1. The van der Waals surface area contributed by atoms with Crippen molar-refractivity contribution in [3.63, 3.8) is 0 Å². The molecule has 0 saturated carbocycles. The predicted molar refractivity (Wildman–Crippen MR) is 65.5 cm³/mol. The van der Waals surface area contributed by atoms with Gasteiger partial charge in [-0.1, -0.05) is 29.8 Å². The van der Waals surface area contributed by atoms with Crippen LogP contribution in [0, 0.1) is 6.92 Å². The van der Waals surface area contributed by atoms with Gasteiger partial charge in [-0.2, -0.15) is 0 Å². The summed E-state index contributed by atoms with van der Waals surface area (Å²) >= 11 is 5.71. The van der Waals surface area contributed by atoms with Gasteiger partial charge < -0.3 is 10.2 Å². The van der Waals surface area contributed by atoms with Gasteiger partial charge in [0.25, 0.3) is 0 Å². The Bertz CT molecular complexity index is 478. The first kappa shape index (κ1) is 11.2. The highest BCUT2D eigenvalue weighted by atomic mass is 35.5. The van der Waals surface area contributed by atoms with Crippen molar-refractivity contribution < 1.29 is 4.42 Å².